The molecule has 12 heteroatoms. The lowest BCUT2D eigenvalue weighted by Gasteiger charge is -2.13. The molecule has 1 heterocycles. The van der Waals surface area contributed by atoms with Crippen molar-refractivity contribution in [3.05, 3.63) is 99.7 Å². The number of fused-ring (bicyclic) bond motifs is 1. The largest absolute Gasteiger partial charge is 0.496 e. The van der Waals surface area contributed by atoms with Crippen molar-refractivity contribution >= 4 is 52.2 Å². The average Bonchev–Trinajstić information content (AvgIpc) is 3.46. The molecule has 2 N–H and O–H groups in total. The lowest BCUT2D eigenvalue weighted by molar-refractivity contribution is 0.0724. The van der Waals surface area contributed by atoms with Gasteiger partial charge in [-0.1, -0.05) is 41.4 Å². The monoisotopic (exact) mass is 661 g/mol. The summed E-state index contributed by atoms with van der Waals surface area (Å²) in [5.74, 6) is 0.638. The van der Waals surface area contributed by atoms with E-state index in [0.29, 0.717) is 67.2 Å². The van der Waals surface area contributed by atoms with E-state index >= 15 is 0 Å². The number of amides is 1. The van der Waals surface area contributed by atoms with E-state index < -0.39 is 11.9 Å². The fourth-order valence-corrected chi connectivity index (χ4v) is 5.27. The summed E-state index contributed by atoms with van der Waals surface area (Å²) in [6.45, 7) is 2.11. The summed E-state index contributed by atoms with van der Waals surface area (Å²) < 4.78 is 27.8. The van der Waals surface area contributed by atoms with Crippen LogP contribution in [0.1, 0.15) is 33.3 Å². The summed E-state index contributed by atoms with van der Waals surface area (Å²) in [4.78, 5) is 29.7. The summed E-state index contributed by atoms with van der Waals surface area (Å²) in [5.41, 5.74) is 5.22. The van der Waals surface area contributed by atoms with Crippen molar-refractivity contribution in [2.24, 2.45) is 5.10 Å². The van der Waals surface area contributed by atoms with Crippen molar-refractivity contribution in [1.29, 1.82) is 0 Å². The van der Waals surface area contributed by atoms with Gasteiger partial charge in [0.2, 0.25) is 0 Å². The van der Waals surface area contributed by atoms with Crippen LogP contribution >= 0.6 is 23.2 Å². The van der Waals surface area contributed by atoms with Crippen molar-refractivity contribution in [1.82, 2.24) is 10.4 Å². The zero-order chi connectivity index (χ0) is 32.8. The minimum atomic E-state index is -0.671. The number of rotatable bonds is 11. The van der Waals surface area contributed by atoms with Crippen LogP contribution in [0.2, 0.25) is 10.0 Å². The number of carbonyl (C=O) groups is 2. The van der Waals surface area contributed by atoms with E-state index in [-0.39, 0.29) is 17.0 Å². The molecule has 1 aromatic heterocycles. The van der Waals surface area contributed by atoms with E-state index in [1.807, 2.05) is 12.1 Å². The van der Waals surface area contributed by atoms with Gasteiger partial charge in [0.05, 0.1) is 45.1 Å². The number of methoxy groups -OCH3 is 3. The number of nitrogens with one attached hydrogen (secondary N) is 2. The molecule has 0 aliphatic heterocycles. The van der Waals surface area contributed by atoms with Crippen molar-refractivity contribution in [3.63, 3.8) is 0 Å². The molecule has 236 valence electrons. The van der Waals surface area contributed by atoms with E-state index in [1.54, 1.807) is 68.6 Å². The third-order valence-electron chi connectivity index (χ3n) is 6.92. The van der Waals surface area contributed by atoms with Crippen LogP contribution in [0.25, 0.3) is 22.0 Å². The second-order valence-electron chi connectivity index (χ2n) is 9.65. The third kappa shape index (κ3) is 6.58. The summed E-state index contributed by atoms with van der Waals surface area (Å²) in [5, 5.41) is 5.60. The highest BCUT2D eigenvalue weighted by Crippen LogP contribution is 2.44. The minimum Gasteiger partial charge on any atom is -0.496 e. The second-order valence-corrected chi connectivity index (χ2v) is 10.5. The maximum absolute atomic E-state index is 13.6. The van der Waals surface area contributed by atoms with Crippen molar-refractivity contribution in [2.45, 2.75) is 6.92 Å². The van der Waals surface area contributed by atoms with Gasteiger partial charge >= 0.3 is 5.97 Å². The Morgan fingerprint density at radius 2 is 1.54 bits per heavy atom. The first kappa shape index (κ1) is 32.2. The number of esters is 1. The van der Waals surface area contributed by atoms with Gasteiger partial charge in [0.25, 0.3) is 5.91 Å². The van der Waals surface area contributed by atoms with Gasteiger partial charge in [0.15, 0.2) is 11.5 Å². The number of hydrogen-bond acceptors (Lipinski definition) is 8. The van der Waals surface area contributed by atoms with Crippen LogP contribution < -0.4 is 29.1 Å². The number of H-pyrrole nitrogens is 1. The standard InChI is InChI=1S/C34H29Cl2N3O7/c1-5-45-28-16-19(10-12-25(28)46-34(41)22-17-20(35)11-13-24(22)42-2)18-37-39-33(40)32-29(21-8-6-7-9-23(21)36)30-26(43-3)14-15-27(44-4)31(30)38-32/h6-18,38H,5H2,1-4H3,(H,39,40). The lowest BCUT2D eigenvalue weighted by atomic mass is 10.0. The lowest BCUT2D eigenvalue weighted by Crippen LogP contribution is -2.19. The summed E-state index contributed by atoms with van der Waals surface area (Å²) in [6.07, 6.45) is 1.44. The zero-order valence-corrected chi connectivity index (χ0v) is 26.8. The van der Waals surface area contributed by atoms with Crippen LogP contribution in [0, 0.1) is 0 Å². The van der Waals surface area contributed by atoms with E-state index in [2.05, 4.69) is 15.5 Å². The molecule has 0 saturated heterocycles. The number of nitrogens with zero attached hydrogens (tertiary/aromatic N) is 1. The molecular weight excluding hydrogens is 633 g/mol. The molecule has 0 atom stereocenters. The number of hydrazone groups is 1. The quantitative estimate of drug-likeness (QED) is 0.0649. The Morgan fingerprint density at radius 1 is 0.848 bits per heavy atom. The Labute approximate surface area is 274 Å². The molecule has 0 unspecified atom stereocenters. The number of hydrogen-bond donors (Lipinski definition) is 2. The van der Waals surface area contributed by atoms with E-state index in [9.17, 15) is 9.59 Å². The molecular formula is C34H29Cl2N3O7. The molecule has 5 rings (SSSR count). The Balaban J connectivity index is 1.43. The average molecular weight is 663 g/mol. The third-order valence-corrected chi connectivity index (χ3v) is 7.49. The Hall–Kier alpha value is -5.19. The van der Waals surface area contributed by atoms with E-state index in [4.69, 9.17) is 46.9 Å². The van der Waals surface area contributed by atoms with E-state index in [0.717, 1.165) is 0 Å². The van der Waals surface area contributed by atoms with Crippen molar-refractivity contribution in [3.8, 4) is 39.9 Å². The predicted molar refractivity (Wildman–Crippen MR) is 177 cm³/mol. The van der Waals surface area contributed by atoms with Crippen LogP contribution in [0.15, 0.2) is 77.9 Å². The van der Waals surface area contributed by atoms with Crippen LogP contribution in [0.5, 0.6) is 28.7 Å². The molecule has 0 radical (unpaired) electrons. The minimum absolute atomic E-state index is 0.161. The molecule has 0 spiro atoms. The molecule has 46 heavy (non-hydrogen) atoms. The number of benzene rings is 4. The van der Waals surface area contributed by atoms with Gasteiger partial charge in [0.1, 0.15) is 28.5 Å². The number of aromatic amines is 1. The topological polar surface area (TPSA) is 120 Å². The van der Waals surface area contributed by atoms with Crippen LogP contribution in [-0.2, 0) is 0 Å². The number of halogens is 2. The normalized spacial score (nSPS) is 11.0. The molecule has 0 aliphatic carbocycles. The molecule has 0 fully saturated rings. The smallest absolute Gasteiger partial charge is 0.347 e. The molecule has 10 nitrogen and oxygen atoms in total. The molecule has 0 bridgehead atoms. The Bertz CT molecular complexity index is 1960. The summed E-state index contributed by atoms with van der Waals surface area (Å²) in [7, 11) is 4.53. The SMILES string of the molecule is CCOc1cc(C=NNC(=O)c2[nH]c3c(OC)ccc(OC)c3c2-c2ccccc2Cl)ccc1OC(=O)c1cc(Cl)ccc1OC. The fraction of sp³-hybridized carbons (Fsp3) is 0.147. The van der Waals surface area contributed by atoms with Crippen LogP contribution in [0.3, 0.4) is 0 Å². The molecule has 0 saturated carbocycles. The van der Waals surface area contributed by atoms with E-state index in [1.165, 1.54) is 26.5 Å². The summed E-state index contributed by atoms with van der Waals surface area (Å²) >= 11 is 12.7. The Kier molecular flexibility index (Phi) is 10.00. The molecule has 1 amide bonds. The van der Waals surface area contributed by atoms with Gasteiger partial charge in [-0.05, 0) is 67.1 Å². The van der Waals surface area contributed by atoms with Gasteiger partial charge in [-0.2, -0.15) is 5.10 Å². The maximum Gasteiger partial charge on any atom is 0.347 e. The Morgan fingerprint density at radius 3 is 2.26 bits per heavy atom. The number of aromatic nitrogens is 1. The first-order valence-corrected chi connectivity index (χ1v) is 14.7. The van der Waals surface area contributed by atoms with Crippen molar-refractivity contribution < 1.29 is 33.3 Å². The second kappa shape index (κ2) is 14.3. The zero-order valence-electron chi connectivity index (χ0n) is 25.3. The van der Waals surface area contributed by atoms with Crippen LogP contribution in [-0.4, -0.2) is 51.0 Å². The van der Waals surface area contributed by atoms with Gasteiger partial charge in [-0.25, -0.2) is 10.2 Å². The molecule has 5 aromatic rings. The van der Waals surface area contributed by atoms with Crippen LogP contribution in [0.4, 0.5) is 0 Å². The predicted octanol–water partition coefficient (Wildman–Crippen LogP) is 7.55. The first-order chi connectivity index (χ1) is 22.3. The fourth-order valence-electron chi connectivity index (χ4n) is 4.87. The van der Waals surface area contributed by atoms with Gasteiger partial charge in [-0.3, -0.25) is 4.79 Å². The summed E-state index contributed by atoms with van der Waals surface area (Å²) in [6, 6.07) is 20.2. The van der Waals surface area contributed by atoms with Crippen molar-refractivity contribution in [2.75, 3.05) is 27.9 Å². The highest BCUT2D eigenvalue weighted by molar-refractivity contribution is 6.34. The molecule has 0 aliphatic rings. The maximum atomic E-state index is 13.6. The highest BCUT2D eigenvalue weighted by Gasteiger charge is 2.25. The molecule has 4 aromatic carbocycles. The highest BCUT2D eigenvalue weighted by atomic mass is 35.5. The van der Waals surface area contributed by atoms with Gasteiger partial charge < -0.3 is 28.7 Å². The number of carbonyl (C=O) groups excluding carboxylic acids is 2. The van der Waals surface area contributed by atoms with Gasteiger partial charge in [-0.15, -0.1) is 0 Å². The van der Waals surface area contributed by atoms with Gasteiger partial charge in [0, 0.05) is 21.2 Å². The number of ether oxygens (including phenoxy) is 5. The first-order valence-electron chi connectivity index (χ1n) is 14.0.